The Balaban J connectivity index is 1.76. The highest BCUT2D eigenvalue weighted by Crippen LogP contribution is 2.29. The van der Waals surface area contributed by atoms with E-state index < -0.39 is 5.63 Å². The molecule has 0 unspecified atom stereocenters. The lowest BCUT2D eigenvalue weighted by molar-refractivity contribution is 0.563. The van der Waals surface area contributed by atoms with Gasteiger partial charge in [-0.3, -0.25) is 4.98 Å². The van der Waals surface area contributed by atoms with Crippen molar-refractivity contribution in [2.75, 3.05) is 0 Å². The van der Waals surface area contributed by atoms with Gasteiger partial charge in [0.2, 0.25) is 0 Å². The van der Waals surface area contributed by atoms with E-state index in [0.717, 1.165) is 34.5 Å². The summed E-state index contributed by atoms with van der Waals surface area (Å²) in [4.78, 5) is 21.4. The number of rotatable bonds is 4. The van der Waals surface area contributed by atoms with Crippen molar-refractivity contribution in [2.45, 2.75) is 19.8 Å². The van der Waals surface area contributed by atoms with E-state index in [0.29, 0.717) is 21.9 Å². The molecule has 0 aliphatic heterocycles. The van der Waals surface area contributed by atoms with Gasteiger partial charge in [-0.25, -0.2) is 9.78 Å². The Kier molecular flexibility index (Phi) is 4.57. The Morgan fingerprint density at radius 2 is 2.08 bits per heavy atom. The average molecular weight is 383 g/mol. The van der Waals surface area contributed by atoms with Crippen LogP contribution in [0.1, 0.15) is 19.0 Å². The van der Waals surface area contributed by atoms with E-state index in [-0.39, 0.29) is 0 Å². The molecular weight excluding hydrogens is 368 g/mol. The third-order valence-corrected chi connectivity index (χ3v) is 5.17. The maximum atomic E-state index is 12.4. The second-order valence-electron chi connectivity index (χ2n) is 5.95. The summed E-state index contributed by atoms with van der Waals surface area (Å²) in [6.45, 7) is 2.13. The van der Waals surface area contributed by atoms with Crippen LogP contribution >= 0.6 is 22.9 Å². The molecule has 3 aromatic heterocycles. The number of thiazole rings is 1. The van der Waals surface area contributed by atoms with Crippen LogP contribution in [0.3, 0.4) is 0 Å². The van der Waals surface area contributed by atoms with Crippen LogP contribution in [0.5, 0.6) is 0 Å². The summed E-state index contributed by atoms with van der Waals surface area (Å²) < 4.78 is 5.41. The summed E-state index contributed by atoms with van der Waals surface area (Å²) in [5.74, 6) is 0. The van der Waals surface area contributed by atoms with Crippen molar-refractivity contribution < 1.29 is 4.42 Å². The number of fused-ring (bicyclic) bond motifs is 1. The number of halogens is 1. The summed E-state index contributed by atoms with van der Waals surface area (Å²) in [6.07, 6.45) is 3.77. The molecule has 0 aliphatic rings. The predicted molar refractivity (Wildman–Crippen MR) is 106 cm³/mol. The van der Waals surface area contributed by atoms with Gasteiger partial charge in [0, 0.05) is 33.2 Å². The Labute approximate surface area is 159 Å². The number of benzene rings is 1. The molecule has 6 heteroatoms. The van der Waals surface area contributed by atoms with E-state index in [9.17, 15) is 4.79 Å². The molecular formula is C20H15ClN2O2S. The van der Waals surface area contributed by atoms with Gasteiger partial charge in [0.25, 0.3) is 0 Å². The highest BCUT2D eigenvalue weighted by molar-refractivity contribution is 7.13. The molecule has 130 valence electrons. The summed E-state index contributed by atoms with van der Waals surface area (Å²) in [5, 5.41) is 4.09. The first-order valence-corrected chi connectivity index (χ1v) is 9.54. The molecule has 0 spiro atoms. The molecule has 0 bridgehead atoms. The molecule has 4 aromatic rings. The van der Waals surface area contributed by atoms with E-state index in [1.54, 1.807) is 30.5 Å². The second kappa shape index (κ2) is 7.02. The standard InChI is InChI=1S/C20H15ClN2O2S/c1-2-3-15-9-12(6-7-22-15)19-23-17(11-26-19)16-10-13-8-14(21)4-5-18(13)25-20(16)24/h4-11H,2-3H2,1H3. The summed E-state index contributed by atoms with van der Waals surface area (Å²) >= 11 is 7.54. The Hall–Kier alpha value is -2.50. The minimum atomic E-state index is -0.405. The van der Waals surface area contributed by atoms with Gasteiger partial charge >= 0.3 is 5.63 Å². The third kappa shape index (κ3) is 3.28. The van der Waals surface area contributed by atoms with Crippen LogP contribution in [0.4, 0.5) is 0 Å². The molecule has 4 rings (SSSR count). The molecule has 1 aromatic carbocycles. The van der Waals surface area contributed by atoms with E-state index in [2.05, 4.69) is 23.0 Å². The first-order chi connectivity index (χ1) is 12.6. The van der Waals surface area contributed by atoms with E-state index in [4.69, 9.17) is 16.0 Å². The zero-order valence-corrected chi connectivity index (χ0v) is 15.6. The van der Waals surface area contributed by atoms with Crippen molar-refractivity contribution in [2.24, 2.45) is 0 Å². The lowest BCUT2D eigenvalue weighted by Gasteiger charge is -2.01. The lowest BCUT2D eigenvalue weighted by Crippen LogP contribution is -2.02. The summed E-state index contributed by atoms with van der Waals surface area (Å²) in [7, 11) is 0. The molecule has 0 aliphatic carbocycles. The summed E-state index contributed by atoms with van der Waals surface area (Å²) in [6, 6.07) is 10.9. The van der Waals surface area contributed by atoms with Crippen molar-refractivity contribution in [3.8, 4) is 21.8 Å². The van der Waals surface area contributed by atoms with Gasteiger partial charge in [0.15, 0.2) is 0 Å². The fourth-order valence-electron chi connectivity index (χ4n) is 2.81. The van der Waals surface area contributed by atoms with E-state index in [1.807, 2.05) is 11.4 Å². The number of nitrogens with zero attached hydrogens (tertiary/aromatic N) is 2. The fourth-order valence-corrected chi connectivity index (χ4v) is 3.80. The molecule has 0 fully saturated rings. The van der Waals surface area contributed by atoms with Crippen LogP contribution in [0, 0.1) is 0 Å². The normalized spacial score (nSPS) is 11.2. The van der Waals surface area contributed by atoms with Gasteiger partial charge in [-0.1, -0.05) is 24.9 Å². The average Bonchev–Trinajstić information content (AvgIpc) is 3.12. The largest absolute Gasteiger partial charge is 0.422 e. The number of hydrogen-bond donors (Lipinski definition) is 0. The van der Waals surface area contributed by atoms with E-state index >= 15 is 0 Å². The zero-order chi connectivity index (χ0) is 18.1. The maximum absolute atomic E-state index is 12.4. The first kappa shape index (κ1) is 16.9. The molecule has 3 heterocycles. The van der Waals surface area contributed by atoms with Crippen molar-refractivity contribution in [3.05, 3.63) is 69.1 Å². The Morgan fingerprint density at radius 3 is 2.92 bits per heavy atom. The smallest absolute Gasteiger partial charge is 0.345 e. The van der Waals surface area contributed by atoms with Crippen molar-refractivity contribution >= 4 is 33.9 Å². The second-order valence-corrected chi connectivity index (χ2v) is 7.25. The maximum Gasteiger partial charge on any atom is 0.345 e. The van der Waals surface area contributed by atoms with Crippen molar-refractivity contribution in [1.82, 2.24) is 9.97 Å². The van der Waals surface area contributed by atoms with Crippen molar-refractivity contribution in [3.63, 3.8) is 0 Å². The number of aromatic nitrogens is 2. The van der Waals surface area contributed by atoms with Gasteiger partial charge in [0.1, 0.15) is 10.6 Å². The highest BCUT2D eigenvalue weighted by Gasteiger charge is 2.13. The quantitative estimate of drug-likeness (QED) is 0.432. The van der Waals surface area contributed by atoms with Crippen LogP contribution in [0.2, 0.25) is 5.02 Å². The van der Waals surface area contributed by atoms with Gasteiger partial charge in [-0.2, -0.15) is 0 Å². The zero-order valence-electron chi connectivity index (χ0n) is 14.0. The van der Waals surface area contributed by atoms with Crippen LogP contribution < -0.4 is 5.63 Å². The summed E-state index contributed by atoms with van der Waals surface area (Å²) in [5.41, 5.74) is 3.20. The number of pyridine rings is 1. The van der Waals surface area contributed by atoms with Crippen LogP contribution in [0.15, 0.2) is 57.2 Å². The Morgan fingerprint density at radius 1 is 1.19 bits per heavy atom. The van der Waals surface area contributed by atoms with Crippen LogP contribution in [0.25, 0.3) is 32.8 Å². The predicted octanol–water partition coefficient (Wildman–Crippen LogP) is 5.58. The van der Waals surface area contributed by atoms with Crippen LogP contribution in [-0.2, 0) is 6.42 Å². The molecule has 4 nitrogen and oxygen atoms in total. The number of hydrogen-bond acceptors (Lipinski definition) is 5. The molecule has 0 saturated heterocycles. The van der Waals surface area contributed by atoms with Gasteiger partial charge in [-0.05, 0) is 42.8 Å². The monoisotopic (exact) mass is 382 g/mol. The molecule has 26 heavy (non-hydrogen) atoms. The van der Waals surface area contributed by atoms with E-state index in [1.165, 1.54) is 11.3 Å². The highest BCUT2D eigenvalue weighted by atomic mass is 35.5. The molecule has 0 saturated carbocycles. The Bertz CT molecular complexity index is 1150. The number of aryl methyl sites for hydroxylation is 1. The van der Waals surface area contributed by atoms with Crippen LogP contribution in [-0.4, -0.2) is 9.97 Å². The van der Waals surface area contributed by atoms with Crippen molar-refractivity contribution in [1.29, 1.82) is 0 Å². The molecule has 0 radical (unpaired) electrons. The minimum absolute atomic E-state index is 0.405. The molecule has 0 N–H and O–H groups in total. The first-order valence-electron chi connectivity index (χ1n) is 8.28. The lowest BCUT2D eigenvalue weighted by atomic mass is 10.1. The molecule has 0 atom stereocenters. The minimum Gasteiger partial charge on any atom is -0.422 e. The van der Waals surface area contributed by atoms with Gasteiger partial charge < -0.3 is 4.42 Å². The fraction of sp³-hybridized carbons (Fsp3) is 0.150. The molecule has 0 amide bonds. The topological polar surface area (TPSA) is 56.0 Å². The third-order valence-electron chi connectivity index (χ3n) is 4.04. The SMILES string of the molecule is CCCc1cc(-c2nc(-c3cc4cc(Cl)ccc4oc3=O)cs2)ccn1. The van der Waals surface area contributed by atoms with Gasteiger partial charge in [0.05, 0.1) is 11.3 Å². The van der Waals surface area contributed by atoms with Gasteiger partial charge in [-0.15, -0.1) is 11.3 Å².